The highest BCUT2D eigenvalue weighted by Gasteiger charge is 2.47. The van der Waals surface area contributed by atoms with E-state index in [9.17, 15) is 4.79 Å². The lowest BCUT2D eigenvalue weighted by atomic mass is 10.00. The molecule has 2 aromatic rings. The number of hydrazine groups is 1. The molecule has 3 atom stereocenters. The average molecular weight is 308 g/mol. The van der Waals surface area contributed by atoms with Crippen LogP contribution >= 0.6 is 0 Å². The van der Waals surface area contributed by atoms with Crippen LogP contribution in [0.25, 0.3) is 0 Å². The van der Waals surface area contributed by atoms with Crippen LogP contribution in [0.2, 0.25) is 0 Å². The van der Waals surface area contributed by atoms with E-state index >= 15 is 0 Å². The van der Waals surface area contributed by atoms with Crippen molar-refractivity contribution in [3.63, 3.8) is 0 Å². The zero-order valence-electron chi connectivity index (χ0n) is 12.9. The molecule has 2 aliphatic rings. The van der Waals surface area contributed by atoms with Crippen molar-refractivity contribution in [1.82, 2.24) is 5.43 Å². The molecule has 0 amide bonds. The molecule has 0 bridgehead atoms. The number of esters is 1. The zero-order valence-corrected chi connectivity index (χ0v) is 12.9. The summed E-state index contributed by atoms with van der Waals surface area (Å²) >= 11 is 0. The highest BCUT2D eigenvalue weighted by atomic mass is 16.6. The Kier molecular flexibility index (Phi) is 3.75. The van der Waals surface area contributed by atoms with Crippen molar-refractivity contribution in [2.45, 2.75) is 31.4 Å². The molecule has 1 aliphatic carbocycles. The van der Waals surface area contributed by atoms with Crippen molar-refractivity contribution in [1.29, 1.82) is 0 Å². The molecular weight excluding hydrogens is 288 g/mol. The van der Waals surface area contributed by atoms with Gasteiger partial charge in [0.05, 0.1) is 11.4 Å². The molecule has 2 aromatic carbocycles. The number of carbonyl (C=O) groups is 1. The van der Waals surface area contributed by atoms with E-state index < -0.39 is 0 Å². The van der Waals surface area contributed by atoms with Crippen LogP contribution in [0.1, 0.15) is 19.3 Å². The summed E-state index contributed by atoms with van der Waals surface area (Å²) in [5.74, 6) is 0.147. The summed E-state index contributed by atoms with van der Waals surface area (Å²) in [6.45, 7) is 0. The minimum Gasteiger partial charge on any atom is -0.461 e. The second-order valence-electron chi connectivity index (χ2n) is 6.18. The third-order valence-corrected chi connectivity index (χ3v) is 4.75. The zero-order chi connectivity index (χ0) is 15.6. The Morgan fingerprint density at radius 3 is 2.13 bits per heavy atom. The van der Waals surface area contributed by atoms with E-state index in [4.69, 9.17) is 4.74 Å². The lowest BCUT2D eigenvalue weighted by Gasteiger charge is -2.29. The first-order valence-electron chi connectivity index (χ1n) is 8.20. The fourth-order valence-electron chi connectivity index (χ4n) is 3.62. The van der Waals surface area contributed by atoms with Crippen molar-refractivity contribution >= 4 is 17.3 Å². The summed E-state index contributed by atoms with van der Waals surface area (Å²) in [6, 6.07) is 19.8. The maximum atomic E-state index is 12.3. The van der Waals surface area contributed by atoms with E-state index in [-0.39, 0.29) is 24.0 Å². The van der Waals surface area contributed by atoms with Gasteiger partial charge >= 0.3 is 5.97 Å². The van der Waals surface area contributed by atoms with Crippen molar-refractivity contribution in [3.8, 4) is 0 Å². The van der Waals surface area contributed by atoms with Gasteiger partial charge in [-0.05, 0) is 43.5 Å². The second kappa shape index (κ2) is 6.05. The number of anilines is 2. The van der Waals surface area contributed by atoms with Crippen molar-refractivity contribution in [2.75, 3.05) is 5.01 Å². The van der Waals surface area contributed by atoms with Gasteiger partial charge in [-0.2, -0.15) is 0 Å². The van der Waals surface area contributed by atoms with E-state index in [1.54, 1.807) is 0 Å². The number of carbonyl (C=O) groups excluding carboxylic acids is 1. The van der Waals surface area contributed by atoms with Crippen molar-refractivity contribution in [3.05, 3.63) is 60.7 Å². The predicted molar refractivity (Wildman–Crippen MR) is 89.2 cm³/mol. The normalized spacial score (nSPS) is 25.9. The molecule has 2 fully saturated rings. The summed E-state index contributed by atoms with van der Waals surface area (Å²) < 4.78 is 5.54. The number of fused-ring (bicyclic) bond motifs is 1. The van der Waals surface area contributed by atoms with Gasteiger partial charge in [-0.3, -0.25) is 9.80 Å². The molecule has 4 rings (SSSR count). The first kappa shape index (κ1) is 14.3. The molecule has 4 heteroatoms. The lowest BCUT2D eigenvalue weighted by Crippen LogP contribution is -2.47. The minimum absolute atomic E-state index is 0.0911. The number of hydrogen-bond donors (Lipinski definition) is 1. The van der Waals surface area contributed by atoms with Crippen LogP contribution in [0.3, 0.4) is 0 Å². The molecule has 23 heavy (non-hydrogen) atoms. The standard InChI is InChI=1S/C19H20N2O2/c22-19-18(16-12-7-13-17(16)23-19)20-21(14-8-3-1-4-9-14)15-10-5-2-6-11-15/h1-6,8-11,16-18,20H,7,12-13H2/t16-,17+,18+/m0/s1. The van der Waals surface area contributed by atoms with Crippen LogP contribution in [0.5, 0.6) is 0 Å². The third-order valence-electron chi connectivity index (χ3n) is 4.75. The predicted octanol–water partition coefficient (Wildman–Crippen LogP) is 3.42. The van der Waals surface area contributed by atoms with Crippen LogP contribution in [0.15, 0.2) is 60.7 Å². The van der Waals surface area contributed by atoms with Gasteiger partial charge in [0.15, 0.2) is 0 Å². The van der Waals surface area contributed by atoms with Gasteiger partial charge in [0.1, 0.15) is 12.1 Å². The van der Waals surface area contributed by atoms with Gasteiger partial charge in [0.2, 0.25) is 0 Å². The van der Waals surface area contributed by atoms with Gasteiger partial charge in [-0.25, -0.2) is 5.43 Å². The number of nitrogens with one attached hydrogen (secondary N) is 1. The van der Waals surface area contributed by atoms with Crippen LogP contribution in [-0.4, -0.2) is 18.1 Å². The van der Waals surface area contributed by atoms with Crippen LogP contribution < -0.4 is 10.4 Å². The van der Waals surface area contributed by atoms with Gasteiger partial charge in [0.25, 0.3) is 0 Å². The molecule has 4 nitrogen and oxygen atoms in total. The number of benzene rings is 2. The molecule has 1 saturated heterocycles. The Labute approximate surface area is 136 Å². The molecule has 0 spiro atoms. The maximum absolute atomic E-state index is 12.3. The SMILES string of the molecule is O=C1O[C@@H]2CCC[C@@H]2[C@H]1NN(c1ccccc1)c1ccccc1. The Bertz CT molecular complexity index is 635. The Morgan fingerprint density at radius 1 is 0.913 bits per heavy atom. The van der Waals surface area contributed by atoms with Crippen LogP contribution in [-0.2, 0) is 9.53 Å². The van der Waals surface area contributed by atoms with Crippen molar-refractivity contribution in [2.24, 2.45) is 5.92 Å². The highest BCUT2D eigenvalue weighted by molar-refractivity contribution is 5.80. The Morgan fingerprint density at radius 2 is 1.52 bits per heavy atom. The molecule has 1 saturated carbocycles. The maximum Gasteiger partial charge on any atom is 0.325 e. The quantitative estimate of drug-likeness (QED) is 0.694. The molecule has 0 unspecified atom stereocenters. The number of para-hydroxylation sites is 2. The fourth-order valence-corrected chi connectivity index (χ4v) is 3.62. The lowest BCUT2D eigenvalue weighted by molar-refractivity contribution is -0.143. The monoisotopic (exact) mass is 308 g/mol. The summed E-state index contributed by atoms with van der Waals surface area (Å²) in [4.78, 5) is 12.3. The largest absolute Gasteiger partial charge is 0.461 e. The molecule has 0 radical (unpaired) electrons. The topological polar surface area (TPSA) is 41.6 Å². The second-order valence-corrected chi connectivity index (χ2v) is 6.18. The molecule has 1 N–H and O–H groups in total. The van der Waals surface area contributed by atoms with Gasteiger partial charge < -0.3 is 4.74 Å². The summed E-state index contributed by atoms with van der Waals surface area (Å²) in [6.07, 6.45) is 3.27. The van der Waals surface area contributed by atoms with Crippen LogP contribution in [0, 0.1) is 5.92 Å². The fraction of sp³-hybridized carbons (Fsp3) is 0.316. The first-order chi connectivity index (χ1) is 11.3. The van der Waals surface area contributed by atoms with Gasteiger partial charge in [0, 0.05) is 5.92 Å². The molecule has 118 valence electrons. The average Bonchev–Trinajstić information content (AvgIpc) is 3.15. The third kappa shape index (κ3) is 2.70. The highest BCUT2D eigenvalue weighted by Crippen LogP contribution is 2.37. The Balaban J connectivity index is 1.65. The smallest absolute Gasteiger partial charge is 0.325 e. The molecule has 0 aromatic heterocycles. The van der Waals surface area contributed by atoms with E-state index in [1.807, 2.05) is 65.7 Å². The molecule has 1 heterocycles. The molecule has 1 aliphatic heterocycles. The van der Waals surface area contributed by atoms with E-state index in [0.29, 0.717) is 0 Å². The van der Waals surface area contributed by atoms with Crippen LogP contribution in [0.4, 0.5) is 11.4 Å². The van der Waals surface area contributed by atoms with E-state index in [0.717, 1.165) is 30.6 Å². The van der Waals surface area contributed by atoms with E-state index in [2.05, 4.69) is 5.43 Å². The molecular formula is C19H20N2O2. The summed E-state index contributed by atoms with van der Waals surface area (Å²) in [5.41, 5.74) is 5.44. The van der Waals surface area contributed by atoms with Crippen molar-refractivity contribution < 1.29 is 9.53 Å². The van der Waals surface area contributed by atoms with Gasteiger partial charge in [-0.15, -0.1) is 0 Å². The summed E-state index contributed by atoms with van der Waals surface area (Å²) in [5, 5.41) is 1.99. The minimum atomic E-state index is -0.275. The number of rotatable bonds is 4. The number of nitrogens with zero attached hydrogens (tertiary/aromatic N) is 1. The van der Waals surface area contributed by atoms with E-state index in [1.165, 1.54) is 0 Å². The number of hydrogen-bond acceptors (Lipinski definition) is 4. The Hall–Kier alpha value is -2.33. The summed E-state index contributed by atoms with van der Waals surface area (Å²) in [7, 11) is 0. The van der Waals surface area contributed by atoms with Gasteiger partial charge in [-0.1, -0.05) is 36.4 Å². The number of ether oxygens (including phenoxy) is 1. The first-order valence-corrected chi connectivity index (χ1v) is 8.20.